The minimum Gasteiger partial charge on any atom is -0.349 e. The van der Waals surface area contributed by atoms with Crippen LogP contribution in [0.4, 0.5) is 0 Å². The van der Waals surface area contributed by atoms with Gasteiger partial charge in [0, 0.05) is 25.7 Å². The van der Waals surface area contributed by atoms with E-state index in [0.717, 1.165) is 37.0 Å². The molecule has 3 aromatic heterocycles. The lowest BCUT2D eigenvalue weighted by Gasteiger charge is -2.32. The lowest BCUT2D eigenvalue weighted by atomic mass is 9.82. The number of carbonyl (C=O) groups excluding carboxylic acids is 1. The van der Waals surface area contributed by atoms with Crippen molar-refractivity contribution in [1.29, 1.82) is 0 Å². The van der Waals surface area contributed by atoms with Crippen molar-refractivity contribution in [3.63, 3.8) is 0 Å². The molecule has 3 aromatic rings. The molecule has 0 saturated heterocycles. The monoisotopic (exact) mass is 354 g/mol. The van der Waals surface area contributed by atoms with Crippen molar-refractivity contribution in [2.75, 3.05) is 0 Å². The van der Waals surface area contributed by atoms with E-state index in [1.54, 1.807) is 30.3 Å². The number of aromatic nitrogens is 5. The van der Waals surface area contributed by atoms with E-state index < -0.39 is 0 Å². The molecule has 1 amide bonds. The molecule has 4 rings (SSSR count). The predicted octanol–water partition coefficient (Wildman–Crippen LogP) is 1.29. The van der Waals surface area contributed by atoms with Gasteiger partial charge in [0.15, 0.2) is 0 Å². The lowest BCUT2D eigenvalue weighted by Crippen LogP contribution is -2.43. The number of H-pyrrole nitrogens is 1. The molecule has 8 nitrogen and oxygen atoms in total. The summed E-state index contributed by atoms with van der Waals surface area (Å²) in [4.78, 5) is 28.4. The second kappa shape index (κ2) is 6.78. The number of nitrogens with zero attached hydrogens (tertiary/aromatic N) is 4. The number of carbonyl (C=O) groups is 1. The highest BCUT2D eigenvalue weighted by atomic mass is 16.2. The van der Waals surface area contributed by atoms with Gasteiger partial charge in [-0.05, 0) is 30.9 Å². The van der Waals surface area contributed by atoms with Gasteiger partial charge in [0.1, 0.15) is 5.82 Å². The summed E-state index contributed by atoms with van der Waals surface area (Å²) in [5.74, 6) is 0.938. The third-order valence-corrected chi connectivity index (χ3v) is 5.31. The molecular formula is C18H22N6O2. The van der Waals surface area contributed by atoms with Crippen LogP contribution < -0.4 is 11.0 Å². The summed E-state index contributed by atoms with van der Waals surface area (Å²) in [5, 5.41) is 9.79. The van der Waals surface area contributed by atoms with Crippen LogP contribution in [0.25, 0.3) is 5.52 Å². The molecule has 2 atom stereocenters. The number of amides is 1. The van der Waals surface area contributed by atoms with E-state index in [1.165, 1.54) is 0 Å². The van der Waals surface area contributed by atoms with Crippen molar-refractivity contribution < 1.29 is 4.79 Å². The van der Waals surface area contributed by atoms with Crippen LogP contribution in [-0.4, -0.2) is 36.1 Å². The Morgan fingerprint density at radius 3 is 3.00 bits per heavy atom. The van der Waals surface area contributed by atoms with E-state index in [4.69, 9.17) is 0 Å². The van der Waals surface area contributed by atoms with Gasteiger partial charge < -0.3 is 9.72 Å². The third-order valence-electron chi connectivity index (χ3n) is 5.31. The number of hydrogen-bond donors (Lipinski definition) is 2. The summed E-state index contributed by atoms with van der Waals surface area (Å²) in [6.07, 6.45) is 10.1. The molecule has 0 bridgehead atoms. The van der Waals surface area contributed by atoms with Crippen LogP contribution in [0.5, 0.6) is 0 Å². The quantitative estimate of drug-likeness (QED) is 0.738. The van der Waals surface area contributed by atoms with Crippen molar-refractivity contribution in [3.05, 3.63) is 52.7 Å². The number of hydrogen-bond acceptors (Lipinski definition) is 4. The molecule has 2 N–H and O–H groups in total. The summed E-state index contributed by atoms with van der Waals surface area (Å²) in [6.45, 7) is 0. The molecular weight excluding hydrogens is 332 g/mol. The van der Waals surface area contributed by atoms with Crippen LogP contribution in [0.1, 0.15) is 41.9 Å². The second-order valence-electron chi connectivity index (χ2n) is 6.98. The van der Waals surface area contributed by atoms with Gasteiger partial charge >= 0.3 is 5.69 Å². The van der Waals surface area contributed by atoms with E-state index in [0.29, 0.717) is 12.0 Å². The van der Waals surface area contributed by atoms with Crippen LogP contribution in [-0.2, 0) is 13.5 Å². The van der Waals surface area contributed by atoms with Crippen LogP contribution in [0.15, 0.2) is 35.6 Å². The minimum atomic E-state index is -0.204. The van der Waals surface area contributed by atoms with E-state index in [9.17, 15) is 9.59 Å². The number of pyridine rings is 1. The van der Waals surface area contributed by atoms with Gasteiger partial charge in [-0.15, -0.1) is 0 Å². The van der Waals surface area contributed by atoms with E-state index in [1.807, 2.05) is 16.5 Å². The fourth-order valence-corrected chi connectivity index (χ4v) is 3.74. The van der Waals surface area contributed by atoms with Gasteiger partial charge in [-0.1, -0.05) is 12.8 Å². The molecule has 1 fully saturated rings. The Labute approximate surface area is 150 Å². The van der Waals surface area contributed by atoms with Crippen molar-refractivity contribution in [2.45, 2.75) is 38.1 Å². The highest BCUT2D eigenvalue weighted by Crippen LogP contribution is 2.27. The van der Waals surface area contributed by atoms with Crippen LogP contribution >= 0.6 is 0 Å². The Bertz CT molecular complexity index is 985. The van der Waals surface area contributed by atoms with Gasteiger partial charge in [0.2, 0.25) is 0 Å². The summed E-state index contributed by atoms with van der Waals surface area (Å²) >= 11 is 0. The van der Waals surface area contributed by atoms with Crippen LogP contribution in [0, 0.1) is 5.92 Å². The Morgan fingerprint density at radius 2 is 2.19 bits per heavy atom. The highest BCUT2D eigenvalue weighted by molar-refractivity contribution is 5.94. The Balaban J connectivity index is 1.49. The molecule has 0 aliphatic heterocycles. The molecule has 0 radical (unpaired) electrons. The number of aromatic amines is 1. The number of fused-ring (bicyclic) bond motifs is 1. The number of rotatable bonds is 4. The zero-order valence-corrected chi connectivity index (χ0v) is 14.7. The number of nitrogens with one attached hydrogen (secondary N) is 2. The maximum atomic E-state index is 12.7. The lowest BCUT2D eigenvalue weighted by molar-refractivity contribution is 0.0904. The van der Waals surface area contributed by atoms with Crippen molar-refractivity contribution in [2.24, 2.45) is 13.0 Å². The Hall–Kier alpha value is -2.90. The van der Waals surface area contributed by atoms with Gasteiger partial charge in [0.05, 0.1) is 23.6 Å². The number of imidazole rings is 1. The molecule has 1 aliphatic carbocycles. The van der Waals surface area contributed by atoms with Gasteiger partial charge in [-0.3, -0.25) is 9.36 Å². The maximum Gasteiger partial charge on any atom is 0.343 e. The minimum absolute atomic E-state index is 0.0755. The van der Waals surface area contributed by atoms with Gasteiger partial charge in [0.25, 0.3) is 5.91 Å². The first kappa shape index (κ1) is 16.6. The SMILES string of the molecule is Cn1c(C[C@H]2CCCC[C@H]2NC(=O)c2ccc3cncn3c2)n[nH]c1=O. The molecule has 3 heterocycles. The summed E-state index contributed by atoms with van der Waals surface area (Å²) in [6, 6.07) is 3.79. The molecule has 1 saturated carbocycles. The Kier molecular flexibility index (Phi) is 4.32. The fraction of sp³-hybridized carbons (Fsp3) is 0.444. The smallest absolute Gasteiger partial charge is 0.343 e. The summed E-state index contributed by atoms with van der Waals surface area (Å²) in [5.41, 5.74) is 1.37. The third kappa shape index (κ3) is 3.14. The molecule has 0 spiro atoms. The topological polar surface area (TPSA) is 97.1 Å². The first-order valence-electron chi connectivity index (χ1n) is 8.94. The fourth-order valence-electron chi connectivity index (χ4n) is 3.74. The molecule has 1 aliphatic rings. The first-order valence-corrected chi connectivity index (χ1v) is 8.94. The second-order valence-corrected chi connectivity index (χ2v) is 6.98. The van der Waals surface area contributed by atoms with Crippen molar-refractivity contribution in [3.8, 4) is 0 Å². The summed E-state index contributed by atoms with van der Waals surface area (Å²) in [7, 11) is 1.72. The van der Waals surface area contributed by atoms with E-state index in [2.05, 4.69) is 20.5 Å². The average molecular weight is 354 g/mol. The summed E-state index contributed by atoms with van der Waals surface area (Å²) < 4.78 is 3.38. The average Bonchev–Trinajstić information content (AvgIpc) is 3.24. The van der Waals surface area contributed by atoms with Crippen molar-refractivity contribution in [1.82, 2.24) is 29.5 Å². The molecule has 0 aromatic carbocycles. The molecule has 0 unspecified atom stereocenters. The Morgan fingerprint density at radius 1 is 1.35 bits per heavy atom. The standard InChI is InChI=1S/C18H22N6O2/c1-23-16(21-22-18(23)26)8-12-4-2-3-5-15(12)20-17(25)13-6-7-14-9-19-11-24(14)10-13/h6-7,9-12,15H,2-5,8H2,1H3,(H,20,25)(H,22,26)/t12-,15-/m1/s1. The zero-order chi connectivity index (χ0) is 18.1. The zero-order valence-electron chi connectivity index (χ0n) is 14.7. The largest absolute Gasteiger partial charge is 0.349 e. The predicted molar refractivity (Wildman–Crippen MR) is 95.9 cm³/mol. The molecule has 8 heteroatoms. The van der Waals surface area contributed by atoms with Crippen LogP contribution in [0.3, 0.4) is 0 Å². The van der Waals surface area contributed by atoms with E-state index >= 15 is 0 Å². The van der Waals surface area contributed by atoms with Gasteiger partial charge in [-0.25, -0.2) is 14.9 Å². The normalized spacial score (nSPS) is 20.3. The highest BCUT2D eigenvalue weighted by Gasteiger charge is 2.28. The van der Waals surface area contributed by atoms with Crippen molar-refractivity contribution >= 4 is 11.4 Å². The molecule has 26 heavy (non-hydrogen) atoms. The van der Waals surface area contributed by atoms with Crippen LogP contribution in [0.2, 0.25) is 0 Å². The van der Waals surface area contributed by atoms with Gasteiger partial charge in [-0.2, -0.15) is 5.10 Å². The molecule has 136 valence electrons. The first-order chi connectivity index (χ1) is 12.6. The van der Waals surface area contributed by atoms with E-state index in [-0.39, 0.29) is 23.6 Å². The maximum absolute atomic E-state index is 12.7.